The lowest BCUT2D eigenvalue weighted by molar-refractivity contribution is -0.135. The number of hydrogen-bond acceptors (Lipinski definition) is 3. The third-order valence-corrected chi connectivity index (χ3v) is 5.69. The van der Waals surface area contributed by atoms with Gasteiger partial charge < -0.3 is 15.1 Å². The van der Waals surface area contributed by atoms with E-state index in [1.54, 1.807) is 0 Å². The van der Waals surface area contributed by atoms with E-state index in [9.17, 15) is 4.79 Å². The maximum atomic E-state index is 12.6. The molecule has 2 aliphatic rings. The summed E-state index contributed by atoms with van der Waals surface area (Å²) in [5, 5.41) is 3.48. The van der Waals surface area contributed by atoms with Crippen molar-refractivity contribution in [2.45, 2.75) is 32.2 Å². The van der Waals surface area contributed by atoms with Gasteiger partial charge in [-0.1, -0.05) is 30.3 Å². The first-order valence-corrected chi connectivity index (χ1v) is 10.2. The molecule has 0 spiro atoms. The first-order valence-electron chi connectivity index (χ1n) is 10.2. The molecule has 1 amide bonds. The predicted molar refractivity (Wildman–Crippen MR) is 125 cm³/mol. The topological polar surface area (TPSA) is 51.2 Å². The van der Waals surface area contributed by atoms with Crippen LogP contribution in [0.2, 0.25) is 0 Å². The number of guanidine groups is 1. The minimum absolute atomic E-state index is 0. The molecule has 1 aromatic rings. The Hall–Kier alpha value is -1.35. The molecule has 1 aromatic carbocycles. The zero-order valence-corrected chi connectivity index (χ0v) is 19.5. The predicted octanol–water partition coefficient (Wildman–Crippen LogP) is 2.05. The lowest BCUT2D eigenvalue weighted by Gasteiger charge is -2.39. The van der Waals surface area contributed by atoms with E-state index in [0.717, 1.165) is 71.0 Å². The molecule has 1 N–H and O–H groups in total. The number of nitrogens with zero attached hydrogens (tertiary/aromatic N) is 4. The summed E-state index contributed by atoms with van der Waals surface area (Å²) >= 11 is 0. The van der Waals surface area contributed by atoms with Gasteiger partial charge in [-0.3, -0.25) is 14.7 Å². The van der Waals surface area contributed by atoms with Gasteiger partial charge in [-0.2, -0.15) is 0 Å². The van der Waals surface area contributed by atoms with Crippen LogP contribution in [-0.4, -0.2) is 85.5 Å². The molecule has 0 saturated carbocycles. The molecule has 0 radical (unpaired) electrons. The largest absolute Gasteiger partial charge is 0.356 e. The number of rotatable bonds is 5. The summed E-state index contributed by atoms with van der Waals surface area (Å²) in [5.41, 5.74) is 1.33. The SMILES string of the molecule is CN=C(NCCc1ccccc1)N1CCN(C(C)C(=O)N2CCCC2)CC1.I. The molecule has 156 valence electrons. The van der Waals surface area contributed by atoms with Crippen molar-refractivity contribution in [2.75, 3.05) is 52.9 Å². The van der Waals surface area contributed by atoms with Crippen molar-refractivity contribution in [3.05, 3.63) is 35.9 Å². The molecule has 3 rings (SSSR count). The Bertz CT molecular complexity index is 625. The molecule has 0 bridgehead atoms. The van der Waals surface area contributed by atoms with E-state index in [1.165, 1.54) is 5.56 Å². The number of carbonyl (C=O) groups excluding carboxylic acids is 1. The summed E-state index contributed by atoms with van der Waals surface area (Å²) in [6.07, 6.45) is 3.29. The van der Waals surface area contributed by atoms with Crippen LogP contribution in [0, 0.1) is 0 Å². The van der Waals surface area contributed by atoms with Crippen molar-refractivity contribution in [1.82, 2.24) is 20.0 Å². The fourth-order valence-electron chi connectivity index (χ4n) is 3.97. The number of benzene rings is 1. The molecule has 2 heterocycles. The average Bonchev–Trinajstić information content (AvgIpc) is 3.26. The van der Waals surface area contributed by atoms with Crippen molar-refractivity contribution >= 4 is 35.8 Å². The number of aliphatic imine (C=N–C) groups is 1. The van der Waals surface area contributed by atoms with Crippen LogP contribution < -0.4 is 5.32 Å². The molecule has 0 aromatic heterocycles. The fourth-order valence-corrected chi connectivity index (χ4v) is 3.97. The fraction of sp³-hybridized carbons (Fsp3) is 0.619. The highest BCUT2D eigenvalue weighted by molar-refractivity contribution is 14.0. The summed E-state index contributed by atoms with van der Waals surface area (Å²) in [7, 11) is 1.84. The second-order valence-electron chi connectivity index (χ2n) is 7.44. The van der Waals surface area contributed by atoms with Crippen LogP contribution >= 0.6 is 24.0 Å². The van der Waals surface area contributed by atoms with Crippen LogP contribution in [0.25, 0.3) is 0 Å². The van der Waals surface area contributed by atoms with Crippen LogP contribution in [0.5, 0.6) is 0 Å². The number of amides is 1. The number of piperazine rings is 1. The Kier molecular flexibility index (Phi) is 9.50. The van der Waals surface area contributed by atoms with Crippen LogP contribution in [0.4, 0.5) is 0 Å². The molecule has 6 nitrogen and oxygen atoms in total. The molecular weight excluding hydrogens is 465 g/mol. The zero-order chi connectivity index (χ0) is 19.1. The van der Waals surface area contributed by atoms with Crippen molar-refractivity contribution in [1.29, 1.82) is 0 Å². The molecule has 1 unspecified atom stereocenters. The van der Waals surface area contributed by atoms with Gasteiger partial charge in [0.25, 0.3) is 0 Å². The third-order valence-electron chi connectivity index (χ3n) is 5.69. The first kappa shape index (κ1) is 22.9. The highest BCUT2D eigenvalue weighted by atomic mass is 127. The highest BCUT2D eigenvalue weighted by Gasteiger charge is 2.30. The van der Waals surface area contributed by atoms with Crippen LogP contribution in [0.15, 0.2) is 35.3 Å². The van der Waals surface area contributed by atoms with Gasteiger partial charge in [-0.15, -0.1) is 24.0 Å². The molecule has 7 heteroatoms. The van der Waals surface area contributed by atoms with Gasteiger partial charge in [-0.25, -0.2) is 0 Å². The summed E-state index contributed by atoms with van der Waals surface area (Å²) in [6, 6.07) is 10.5. The number of halogens is 1. The number of nitrogens with one attached hydrogen (secondary N) is 1. The summed E-state index contributed by atoms with van der Waals surface area (Å²) in [4.78, 5) is 23.7. The van der Waals surface area contributed by atoms with Crippen molar-refractivity contribution in [3.63, 3.8) is 0 Å². The van der Waals surface area contributed by atoms with Gasteiger partial charge in [0, 0.05) is 52.9 Å². The third kappa shape index (κ3) is 6.07. The van der Waals surface area contributed by atoms with E-state index in [-0.39, 0.29) is 30.0 Å². The maximum Gasteiger partial charge on any atom is 0.239 e. The van der Waals surface area contributed by atoms with E-state index >= 15 is 0 Å². The molecule has 2 aliphatic heterocycles. The first-order chi connectivity index (χ1) is 13.2. The summed E-state index contributed by atoms with van der Waals surface area (Å²) < 4.78 is 0. The van der Waals surface area contributed by atoms with Gasteiger partial charge in [0.2, 0.25) is 5.91 Å². The summed E-state index contributed by atoms with van der Waals surface area (Å²) in [5.74, 6) is 1.26. The number of carbonyl (C=O) groups is 1. The quantitative estimate of drug-likeness (QED) is 0.383. The second kappa shape index (κ2) is 11.6. The van der Waals surface area contributed by atoms with Crippen LogP contribution in [0.1, 0.15) is 25.3 Å². The average molecular weight is 499 g/mol. The van der Waals surface area contributed by atoms with Crippen molar-refractivity contribution in [2.24, 2.45) is 4.99 Å². The Morgan fingerprint density at radius 2 is 1.68 bits per heavy atom. The Labute approximate surface area is 186 Å². The lowest BCUT2D eigenvalue weighted by atomic mass is 10.1. The molecule has 2 saturated heterocycles. The minimum atomic E-state index is -0.0155. The highest BCUT2D eigenvalue weighted by Crippen LogP contribution is 2.14. The maximum absolute atomic E-state index is 12.6. The molecule has 0 aliphatic carbocycles. The standard InChI is InChI=1S/C21H33N5O.HI/c1-18(20(27)25-12-6-7-13-25)24-14-16-26(17-15-24)21(22-2)23-11-10-19-8-4-3-5-9-19;/h3-5,8-9,18H,6-7,10-17H2,1-2H3,(H,22,23);1H. The van der Waals surface area contributed by atoms with Gasteiger partial charge in [-0.05, 0) is 31.7 Å². The Balaban J connectivity index is 0.00000280. The van der Waals surface area contributed by atoms with Gasteiger partial charge >= 0.3 is 0 Å². The van der Waals surface area contributed by atoms with Crippen LogP contribution in [-0.2, 0) is 11.2 Å². The normalized spacial score (nSPS) is 19.3. The van der Waals surface area contributed by atoms with E-state index in [4.69, 9.17) is 0 Å². The van der Waals surface area contributed by atoms with Crippen molar-refractivity contribution in [3.8, 4) is 0 Å². The summed E-state index contributed by atoms with van der Waals surface area (Å²) in [6.45, 7) is 8.41. The van der Waals surface area contributed by atoms with E-state index in [2.05, 4.69) is 51.3 Å². The van der Waals surface area contributed by atoms with E-state index < -0.39 is 0 Å². The number of likely N-dealkylation sites (tertiary alicyclic amines) is 1. The second-order valence-corrected chi connectivity index (χ2v) is 7.44. The molecular formula is C21H34IN5O. The van der Waals surface area contributed by atoms with Crippen molar-refractivity contribution < 1.29 is 4.79 Å². The lowest BCUT2D eigenvalue weighted by Crippen LogP contribution is -2.57. The number of hydrogen-bond donors (Lipinski definition) is 1. The Morgan fingerprint density at radius 3 is 2.29 bits per heavy atom. The minimum Gasteiger partial charge on any atom is -0.356 e. The molecule has 2 fully saturated rings. The van der Waals surface area contributed by atoms with Crippen LogP contribution in [0.3, 0.4) is 0 Å². The molecule has 1 atom stereocenters. The van der Waals surface area contributed by atoms with E-state index in [0.29, 0.717) is 5.91 Å². The smallest absolute Gasteiger partial charge is 0.239 e. The van der Waals surface area contributed by atoms with E-state index in [1.807, 2.05) is 18.0 Å². The van der Waals surface area contributed by atoms with Gasteiger partial charge in [0.05, 0.1) is 6.04 Å². The monoisotopic (exact) mass is 499 g/mol. The zero-order valence-electron chi connectivity index (χ0n) is 17.1. The Morgan fingerprint density at radius 1 is 1.04 bits per heavy atom. The van der Waals surface area contributed by atoms with Gasteiger partial charge in [0.1, 0.15) is 0 Å². The molecule has 28 heavy (non-hydrogen) atoms. The van der Waals surface area contributed by atoms with Gasteiger partial charge in [0.15, 0.2) is 5.96 Å².